The number of aromatic hydroxyl groups is 1. The van der Waals surface area contributed by atoms with Gasteiger partial charge < -0.3 is 20.1 Å². The van der Waals surface area contributed by atoms with Gasteiger partial charge in [0.25, 0.3) is 0 Å². The van der Waals surface area contributed by atoms with E-state index in [-0.39, 0.29) is 29.4 Å². The molecule has 4 fully saturated rings. The van der Waals surface area contributed by atoms with Crippen molar-refractivity contribution in [2.45, 2.75) is 55.9 Å². The highest BCUT2D eigenvalue weighted by Gasteiger charge is 2.49. The molecule has 2 bridgehead atoms. The first kappa shape index (κ1) is 25.2. The number of benzene rings is 3. The average molecular weight is 558 g/mol. The van der Waals surface area contributed by atoms with Crippen LogP contribution in [0.5, 0.6) is 11.8 Å². The molecule has 4 aromatic rings. The first-order valence-electron chi connectivity index (χ1n) is 14.7. The molecule has 4 saturated heterocycles. The summed E-state index contributed by atoms with van der Waals surface area (Å²) in [5.74, 6) is 0.269. The van der Waals surface area contributed by atoms with Crippen LogP contribution in [-0.2, 0) is 0 Å². The molecule has 9 heteroatoms. The monoisotopic (exact) mass is 557 g/mol. The zero-order chi connectivity index (χ0) is 27.7. The van der Waals surface area contributed by atoms with Crippen molar-refractivity contribution in [3.05, 3.63) is 54.3 Å². The molecule has 0 radical (unpaired) electrons. The van der Waals surface area contributed by atoms with E-state index in [9.17, 15) is 9.50 Å². The van der Waals surface area contributed by atoms with E-state index in [1.807, 2.05) is 30.3 Å². The Labute approximate surface area is 237 Å². The first-order valence-corrected chi connectivity index (χ1v) is 14.7. The third kappa shape index (κ3) is 4.20. The number of phenolic OH excluding ortho intramolecular Hbond substituents is 1. The van der Waals surface area contributed by atoms with E-state index < -0.39 is 12.0 Å². The van der Waals surface area contributed by atoms with E-state index in [1.165, 1.54) is 0 Å². The molecule has 5 heterocycles. The van der Waals surface area contributed by atoms with Gasteiger partial charge in [-0.3, -0.25) is 4.90 Å². The number of aromatic nitrogens is 2. The number of anilines is 1. The Morgan fingerprint density at radius 2 is 1.83 bits per heavy atom. The van der Waals surface area contributed by atoms with Crippen LogP contribution in [0.15, 0.2) is 48.5 Å². The van der Waals surface area contributed by atoms with Crippen LogP contribution < -0.4 is 15.0 Å². The number of ether oxygens (including phenoxy) is 1. The van der Waals surface area contributed by atoms with Crippen LogP contribution in [0.4, 0.5) is 14.6 Å². The van der Waals surface area contributed by atoms with Crippen molar-refractivity contribution in [2.75, 3.05) is 37.7 Å². The van der Waals surface area contributed by atoms with Gasteiger partial charge in [0.1, 0.15) is 29.9 Å². The van der Waals surface area contributed by atoms with Crippen molar-refractivity contribution in [2.24, 2.45) is 0 Å². The quantitative estimate of drug-likeness (QED) is 0.350. The molecule has 41 heavy (non-hydrogen) atoms. The van der Waals surface area contributed by atoms with Gasteiger partial charge in [-0.15, -0.1) is 0 Å². The minimum absolute atomic E-state index is 0.0741. The van der Waals surface area contributed by atoms with Gasteiger partial charge in [-0.25, -0.2) is 8.78 Å². The van der Waals surface area contributed by atoms with Crippen molar-refractivity contribution >= 4 is 27.5 Å². The zero-order valence-electron chi connectivity index (χ0n) is 22.8. The maximum atomic E-state index is 16.6. The molecular formula is C32H33F2N5O2. The minimum atomic E-state index is -0.861. The molecule has 212 valence electrons. The lowest BCUT2D eigenvalue weighted by Crippen LogP contribution is -2.51. The number of hydrogen-bond acceptors (Lipinski definition) is 7. The number of alkyl halides is 1. The highest BCUT2D eigenvalue weighted by Crippen LogP contribution is 2.42. The van der Waals surface area contributed by atoms with Crippen LogP contribution >= 0.6 is 0 Å². The summed E-state index contributed by atoms with van der Waals surface area (Å²) in [5.41, 5.74) is 0.796. The lowest BCUT2D eigenvalue weighted by Gasteiger charge is -2.34. The third-order valence-electron chi connectivity index (χ3n) is 9.65. The number of piperazine rings is 1. The van der Waals surface area contributed by atoms with Gasteiger partial charge in [-0.05, 0) is 66.8 Å². The second kappa shape index (κ2) is 9.49. The lowest BCUT2D eigenvalue weighted by molar-refractivity contribution is 0.107. The van der Waals surface area contributed by atoms with Crippen molar-refractivity contribution in [1.29, 1.82) is 0 Å². The zero-order valence-corrected chi connectivity index (χ0v) is 22.8. The van der Waals surface area contributed by atoms with Crippen LogP contribution in [0, 0.1) is 5.82 Å². The van der Waals surface area contributed by atoms with Gasteiger partial charge in [-0.2, -0.15) is 9.97 Å². The fourth-order valence-electron chi connectivity index (χ4n) is 7.77. The average Bonchev–Trinajstić information content (AvgIpc) is 3.61. The summed E-state index contributed by atoms with van der Waals surface area (Å²) in [7, 11) is 0. The van der Waals surface area contributed by atoms with Gasteiger partial charge >= 0.3 is 6.01 Å². The van der Waals surface area contributed by atoms with E-state index >= 15 is 4.39 Å². The standard InChI is InChI=1S/C32H33F2N5O2/c33-20-14-32(10-3-11-39(32)15-20)18-41-31-36-29-26(30(37-31)38-16-21-6-7-22(17-38)35-21)9-8-25(28(29)34)27-13-23(40)12-19-4-1-2-5-24(19)27/h1-2,4-5,8-9,12-13,20-22,35,40H,3,6-7,10-11,14-18H2/t20-,21-,22+,32+/m1/s1. The Kier molecular flexibility index (Phi) is 5.83. The Hall–Kier alpha value is -3.56. The maximum absolute atomic E-state index is 16.6. The van der Waals surface area contributed by atoms with Crippen LogP contribution in [0.2, 0.25) is 0 Å². The van der Waals surface area contributed by atoms with Crippen LogP contribution in [0.1, 0.15) is 32.1 Å². The summed E-state index contributed by atoms with van der Waals surface area (Å²) in [5, 5.41) is 16.4. The van der Waals surface area contributed by atoms with E-state index in [0.717, 1.165) is 56.1 Å². The number of phenols is 1. The molecule has 0 amide bonds. The molecule has 0 unspecified atom stereocenters. The van der Waals surface area contributed by atoms with Crippen molar-refractivity contribution < 1.29 is 18.6 Å². The summed E-state index contributed by atoms with van der Waals surface area (Å²) >= 11 is 0. The largest absolute Gasteiger partial charge is 0.508 e. The first-order chi connectivity index (χ1) is 20.0. The van der Waals surface area contributed by atoms with Crippen molar-refractivity contribution in [3.63, 3.8) is 0 Å². The molecule has 7 nitrogen and oxygen atoms in total. The van der Waals surface area contributed by atoms with E-state index in [4.69, 9.17) is 9.72 Å². The fraction of sp³-hybridized carbons (Fsp3) is 0.438. The number of nitrogens with one attached hydrogen (secondary N) is 1. The van der Waals surface area contributed by atoms with Gasteiger partial charge in [0.15, 0.2) is 5.82 Å². The SMILES string of the molecule is Oc1cc(-c2ccc3c(N4C[C@H]5CC[C@@H](C4)N5)nc(OC[C@@]45CCCN4C[C@H](F)C5)nc3c2F)c2ccccc2c1. The number of halogens is 2. The van der Waals surface area contributed by atoms with Crippen LogP contribution in [0.3, 0.4) is 0 Å². The second-order valence-electron chi connectivity index (χ2n) is 12.3. The highest BCUT2D eigenvalue weighted by molar-refractivity contribution is 6.01. The number of nitrogens with zero attached hydrogens (tertiary/aromatic N) is 4. The number of hydrogen-bond donors (Lipinski definition) is 2. The number of rotatable bonds is 5. The Morgan fingerprint density at radius 3 is 2.68 bits per heavy atom. The van der Waals surface area contributed by atoms with E-state index in [2.05, 4.69) is 20.1 Å². The van der Waals surface area contributed by atoms with Crippen LogP contribution in [-0.4, -0.2) is 76.6 Å². The normalized spacial score (nSPS) is 27.7. The summed E-state index contributed by atoms with van der Waals surface area (Å²) in [6.45, 7) is 3.15. The highest BCUT2D eigenvalue weighted by atomic mass is 19.1. The Balaban J connectivity index is 1.24. The predicted molar refractivity (Wildman–Crippen MR) is 155 cm³/mol. The lowest BCUT2D eigenvalue weighted by atomic mass is 9.95. The molecule has 4 aliphatic heterocycles. The summed E-state index contributed by atoms with van der Waals surface area (Å²) < 4.78 is 37.3. The molecule has 4 atom stereocenters. The maximum Gasteiger partial charge on any atom is 0.319 e. The second-order valence-corrected chi connectivity index (χ2v) is 12.3. The fourth-order valence-corrected chi connectivity index (χ4v) is 7.77. The van der Waals surface area contributed by atoms with Gasteiger partial charge in [-0.1, -0.05) is 30.3 Å². The van der Waals surface area contributed by atoms with Gasteiger partial charge in [0, 0.05) is 49.1 Å². The molecule has 1 aromatic heterocycles. The minimum Gasteiger partial charge on any atom is -0.508 e. The number of fused-ring (bicyclic) bond motifs is 5. The molecule has 0 aliphatic carbocycles. The molecular weight excluding hydrogens is 524 g/mol. The van der Waals surface area contributed by atoms with E-state index in [1.54, 1.807) is 18.2 Å². The topological polar surface area (TPSA) is 73.8 Å². The Bertz CT molecular complexity index is 1650. The van der Waals surface area contributed by atoms with Crippen molar-refractivity contribution in [3.8, 4) is 22.9 Å². The third-order valence-corrected chi connectivity index (χ3v) is 9.65. The smallest absolute Gasteiger partial charge is 0.319 e. The van der Waals surface area contributed by atoms with Crippen LogP contribution in [0.25, 0.3) is 32.8 Å². The molecule has 0 saturated carbocycles. The summed E-state index contributed by atoms with van der Waals surface area (Å²) in [6.07, 6.45) is 3.69. The van der Waals surface area contributed by atoms with Gasteiger partial charge in [0.05, 0.1) is 5.54 Å². The summed E-state index contributed by atoms with van der Waals surface area (Å²) in [6, 6.07) is 15.4. The van der Waals surface area contributed by atoms with Crippen molar-refractivity contribution in [1.82, 2.24) is 20.2 Å². The molecule has 0 spiro atoms. The molecule has 8 rings (SSSR count). The Morgan fingerprint density at radius 1 is 1.00 bits per heavy atom. The molecule has 3 aromatic carbocycles. The van der Waals surface area contributed by atoms with E-state index in [0.29, 0.717) is 47.4 Å². The molecule has 4 aliphatic rings. The summed E-state index contributed by atoms with van der Waals surface area (Å²) in [4.78, 5) is 13.9. The molecule has 2 N–H and O–H groups in total. The van der Waals surface area contributed by atoms with Gasteiger partial charge in [0.2, 0.25) is 0 Å². The predicted octanol–water partition coefficient (Wildman–Crippen LogP) is 5.19.